The standard InChI is InChI=1S/C38H33N3O7S/c42-31-15-13-29(30-14-16-33(44)41-34(30)31)32(43)22-39-20-23-9-11-24(12-10-23)36(45)40-21-26-17-18-49-35(26)25-5-4-8-28(19-25)38(48,37(46)47)27-6-2-1-3-7-27/h1-19,32,39,42-43,48H,20-22H2,(H,40,45)(H,41,44)(H,46,47)/t32-,38-/m0/s1. The Bertz CT molecular complexity index is 2180. The normalized spacial score (nSPS) is 13.1. The first-order valence-corrected chi connectivity index (χ1v) is 16.3. The number of carboxylic acids is 1. The molecule has 0 aliphatic carbocycles. The molecule has 0 spiro atoms. The number of nitrogens with one attached hydrogen (secondary N) is 3. The molecule has 0 radical (unpaired) electrons. The van der Waals surface area contributed by atoms with E-state index >= 15 is 0 Å². The molecule has 1 amide bonds. The van der Waals surface area contributed by atoms with E-state index < -0.39 is 17.7 Å². The van der Waals surface area contributed by atoms with Crippen molar-refractivity contribution in [3.63, 3.8) is 0 Å². The molecular weight excluding hydrogens is 642 g/mol. The second-order valence-electron chi connectivity index (χ2n) is 11.5. The molecule has 0 bridgehead atoms. The van der Waals surface area contributed by atoms with E-state index in [1.54, 1.807) is 72.8 Å². The SMILES string of the molecule is O=C(NCc1ccsc1-c1cccc([C@](O)(C(=O)O)c2ccccc2)c1)c1ccc(CNC[C@H](O)c2ccc(O)c3[nH]c(=O)ccc23)cc1. The lowest BCUT2D eigenvalue weighted by atomic mass is 9.85. The molecule has 0 saturated carbocycles. The van der Waals surface area contributed by atoms with Crippen LogP contribution in [0.4, 0.5) is 0 Å². The van der Waals surface area contributed by atoms with Gasteiger partial charge >= 0.3 is 5.97 Å². The van der Waals surface area contributed by atoms with E-state index in [-0.39, 0.29) is 46.9 Å². The number of hydrogen-bond acceptors (Lipinski definition) is 8. The molecule has 0 aliphatic rings. The summed E-state index contributed by atoms with van der Waals surface area (Å²) in [5.41, 5.74) is 1.69. The molecule has 7 N–H and O–H groups in total. The van der Waals surface area contributed by atoms with Crippen LogP contribution in [0.25, 0.3) is 21.3 Å². The Morgan fingerprint density at radius 1 is 0.857 bits per heavy atom. The van der Waals surface area contributed by atoms with Crippen LogP contribution in [-0.4, -0.2) is 43.8 Å². The molecule has 49 heavy (non-hydrogen) atoms. The molecule has 0 unspecified atom stereocenters. The number of H-pyrrole nitrogens is 1. The van der Waals surface area contributed by atoms with E-state index in [2.05, 4.69) is 15.6 Å². The number of fused-ring (bicyclic) bond motifs is 1. The molecule has 10 nitrogen and oxygen atoms in total. The van der Waals surface area contributed by atoms with E-state index in [1.807, 2.05) is 29.6 Å². The molecule has 2 aromatic heterocycles. The number of thiophene rings is 1. The van der Waals surface area contributed by atoms with Gasteiger partial charge in [0.15, 0.2) is 0 Å². The molecule has 248 valence electrons. The highest BCUT2D eigenvalue weighted by molar-refractivity contribution is 7.13. The largest absolute Gasteiger partial charge is 0.506 e. The lowest BCUT2D eigenvalue weighted by Crippen LogP contribution is -2.36. The Kier molecular flexibility index (Phi) is 9.70. The van der Waals surface area contributed by atoms with Crippen LogP contribution in [0.3, 0.4) is 0 Å². The van der Waals surface area contributed by atoms with Crippen LogP contribution >= 0.6 is 11.3 Å². The van der Waals surface area contributed by atoms with Crippen molar-refractivity contribution in [1.29, 1.82) is 0 Å². The summed E-state index contributed by atoms with van der Waals surface area (Å²) in [6, 6.07) is 30.0. The lowest BCUT2D eigenvalue weighted by Gasteiger charge is -2.25. The summed E-state index contributed by atoms with van der Waals surface area (Å²) in [5.74, 6) is -1.71. The third kappa shape index (κ3) is 7.01. The van der Waals surface area contributed by atoms with Crippen molar-refractivity contribution < 1.29 is 30.0 Å². The minimum Gasteiger partial charge on any atom is -0.506 e. The molecule has 2 atom stereocenters. The van der Waals surface area contributed by atoms with Gasteiger partial charge in [-0.3, -0.25) is 9.59 Å². The van der Waals surface area contributed by atoms with Gasteiger partial charge in [0.25, 0.3) is 5.91 Å². The van der Waals surface area contributed by atoms with E-state index in [0.29, 0.717) is 23.1 Å². The van der Waals surface area contributed by atoms with E-state index in [4.69, 9.17) is 0 Å². The maximum Gasteiger partial charge on any atom is 0.345 e. The fourth-order valence-corrected chi connectivity index (χ4v) is 6.69. The van der Waals surface area contributed by atoms with Crippen molar-refractivity contribution in [3.8, 4) is 16.2 Å². The van der Waals surface area contributed by atoms with Crippen LogP contribution in [0.5, 0.6) is 5.75 Å². The molecule has 6 aromatic rings. The third-order valence-electron chi connectivity index (χ3n) is 8.38. The zero-order valence-corrected chi connectivity index (χ0v) is 26.9. The number of carbonyl (C=O) groups excluding carboxylic acids is 1. The molecule has 4 aromatic carbocycles. The number of rotatable bonds is 12. The van der Waals surface area contributed by atoms with Crippen LogP contribution in [0.2, 0.25) is 0 Å². The van der Waals surface area contributed by atoms with Crippen LogP contribution in [-0.2, 0) is 23.5 Å². The quantitative estimate of drug-likeness (QED) is 0.0946. The van der Waals surface area contributed by atoms with Crippen molar-refractivity contribution in [2.24, 2.45) is 0 Å². The van der Waals surface area contributed by atoms with Gasteiger partial charge in [-0.05, 0) is 69.6 Å². The first-order valence-electron chi connectivity index (χ1n) is 15.4. The molecule has 0 aliphatic heterocycles. The van der Waals surface area contributed by atoms with Gasteiger partial charge < -0.3 is 36.0 Å². The Labute approximate surface area is 285 Å². The van der Waals surface area contributed by atoms with Crippen LogP contribution in [0.15, 0.2) is 119 Å². The van der Waals surface area contributed by atoms with Crippen molar-refractivity contribution >= 4 is 34.1 Å². The molecule has 2 heterocycles. The lowest BCUT2D eigenvalue weighted by molar-refractivity contribution is -0.155. The van der Waals surface area contributed by atoms with Crippen molar-refractivity contribution in [2.75, 3.05) is 6.54 Å². The van der Waals surface area contributed by atoms with E-state index in [1.165, 1.54) is 23.5 Å². The number of benzene rings is 4. The second kappa shape index (κ2) is 14.3. The zero-order chi connectivity index (χ0) is 34.5. The van der Waals surface area contributed by atoms with E-state index in [9.17, 15) is 34.8 Å². The number of phenols is 1. The predicted octanol–water partition coefficient (Wildman–Crippen LogP) is 5.04. The van der Waals surface area contributed by atoms with Gasteiger partial charge in [0.05, 0.1) is 11.6 Å². The van der Waals surface area contributed by atoms with Crippen LogP contribution in [0, 0.1) is 0 Å². The summed E-state index contributed by atoms with van der Waals surface area (Å²) >= 11 is 1.45. The summed E-state index contributed by atoms with van der Waals surface area (Å²) in [5, 5.41) is 50.8. The van der Waals surface area contributed by atoms with Crippen molar-refractivity contribution in [2.45, 2.75) is 24.8 Å². The maximum absolute atomic E-state index is 13.0. The zero-order valence-electron chi connectivity index (χ0n) is 26.1. The number of aromatic amines is 1. The maximum atomic E-state index is 13.0. The molecular formula is C38H33N3O7S. The summed E-state index contributed by atoms with van der Waals surface area (Å²) < 4.78 is 0. The first kappa shape index (κ1) is 33.3. The number of carboxylic acid groups (broad SMARTS) is 1. The summed E-state index contributed by atoms with van der Waals surface area (Å²) in [4.78, 5) is 40.4. The Balaban J connectivity index is 1.07. The average Bonchev–Trinajstić information content (AvgIpc) is 3.60. The van der Waals surface area contributed by atoms with Crippen molar-refractivity contribution in [1.82, 2.24) is 15.6 Å². The molecule has 6 rings (SSSR count). The van der Waals surface area contributed by atoms with E-state index in [0.717, 1.165) is 21.6 Å². The molecule has 0 saturated heterocycles. The highest BCUT2D eigenvalue weighted by atomic mass is 32.1. The van der Waals surface area contributed by atoms with Crippen LogP contribution in [0.1, 0.15) is 44.3 Å². The fourth-order valence-electron chi connectivity index (χ4n) is 5.77. The highest BCUT2D eigenvalue weighted by Gasteiger charge is 2.40. The number of phenolic OH excluding ortho intramolecular Hbond substituents is 1. The van der Waals surface area contributed by atoms with Gasteiger partial charge in [-0.25, -0.2) is 4.79 Å². The number of aromatic hydroxyl groups is 1. The molecule has 11 heteroatoms. The topological polar surface area (TPSA) is 172 Å². The summed E-state index contributed by atoms with van der Waals surface area (Å²) in [6.07, 6.45) is -0.893. The smallest absolute Gasteiger partial charge is 0.345 e. The van der Waals surface area contributed by atoms with Crippen LogP contribution < -0.4 is 16.2 Å². The Hall–Kier alpha value is -5.59. The predicted molar refractivity (Wildman–Crippen MR) is 187 cm³/mol. The Morgan fingerprint density at radius 2 is 1.61 bits per heavy atom. The average molecular weight is 676 g/mol. The second-order valence-corrected chi connectivity index (χ2v) is 12.5. The number of aliphatic carboxylic acids is 1. The number of pyridine rings is 1. The van der Waals surface area contributed by atoms with Gasteiger partial charge in [0, 0.05) is 47.1 Å². The van der Waals surface area contributed by atoms with Gasteiger partial charge in [-0.15, -0.1) is 11.3 Å². The summed E-state index contributed by atoms with van der Waals surface area (Å²) in [7, 11) is 0. The Morgan fingerprint density at radius 3 is 2.37 bits per heavy atom. The number of hydrogen-bond donors (Lipinski definition) is 7. The monoisotopic (exact) mass is 675 g/mol. The highest BCUT2D eigenvalue weighted by Crippen LogP contribution is 2.36. The minimum absolute atomic E-state index is 0.0722. The number of amides is 1. The van der Waals surface area contributed by atoms with Gasteiger partial charge in [0.1, 0.15) is 5.75 Å². The third-order valence-corrected chi connectivity index (χ3v) is 9.38. The number of carbonyl (C=O) groups is 2. The molecule has 0 fully saturated rings. The fraction of sp³-hybridized carbons (Fsp3) is 0.132. The van der Waals surface area contributed by atoms with Gasteiger partial charge in [-0.2, -0.15) is 0 Å². The minimum atomic E-state index is -2.23. The van der Waals surface area contributed by atoms with Gasteiger partial charge in [-0.1, -0.05) is 66.7 Å². The number of aliphatic hydroxyl groups excluding tert-OH is 1. The van der Waals surface area contributed by atoms with Crippen molar-refractivity contribution in [3.05, 3.63) is 158 Å². The first-order chi connectivity index (χ1) is 23.6. The van der Waals surface area contributed by atoms with Gasteiger partial charge in [0.2, 0.25) is 11.2 Å². The summed E-state index contributed by atoms with van der Waals surface area (Å²) in [6.45, 7) is 0.893. The number of aromatic nitrogens is 1. The number of aliphatic hydroxyl groups is 2.